The molecule has 0 spiro atoms. The summed E-state index contributed by atoms with van der Waals surface area (Å²) in [5.41, 5.74) is 0.924. The molecule has 3 rings (SSSR count). The number of benzene rings is 2. The number of esters is 1. The predicted octanol–water partition coefficient (Wildman–Crippen LogP) is 3.95. The topological polar surface area (TPSA) is 101 Å². The molecule has 180 valence electrons. The molecule has 0 atom stereocenters. The van der Waals surface area contributed by atoms with E-state index in [0.717, 1.165) is 4.47 Å². The molecule has 0 saturated heterocycles. The van der Waals surface area contributed by atoms with Crippen molar-refractivity contribution < 1.29 is 23.7 Å². The van der Waals surface area contributed by atoms with Gasteiger partial charge in [0, 0.05) is 16.5 Å². The SMILES string of the molecule is CCc1nc2ccc(Br)cc2c(=O)n1N=Cc1cc(OC)c(OCC(=O)OC(C)C)c(OC)c1. The summed E-state index contributed by atoms with van der Waals surface area (Å²) in [6, 6.07) is 8.68. The molecule has 10 heteroatoms. The van der Waals surface area contributed by atoms with Gasteiger partial charge < -0.3 is 18.9 Å². The number of carbonyl (C=O) groups excluding carboxylic acids is 1. The number of aromatic nitrogens is 2. The van der Waals surface area contributed by atoms with Gasteiger partial charge in [-0.3, -0.25) is 4.79 Å². The maximum Gasteiger partial charge on any atom is 0.344 e. The number of aryl methyl sites for hydroxylation is 1. The molecule has 1 heterocycles. The molecule has 1 aromatic heterocycles. The van der Waals surface area contributed by atoms with Crippen molar-refractivity contribution in [1.82, 2.24) is 9.66 Å². The van der Waals surface area contributed by atoms with E-state index in [4.69, 9.17) is 18.9 Å². The average Bonchev–Trinajstić information content (AvgIpc) is 2.81. The molecule has 0 fully saturated rings. The average molecular weight is 532 g/mol. The van der Waals surface area contributed by atoms with Crippen LogP contribution in [0.15, 0.2) is 44.7 Å². The highest BCUT2D eigenvalue weighted by Crippen LogP contribution is 2.38. The Kier molecular flexibility index (Phi) is 8.27. The molecule has 0 bridgehead atoms. The third kappa shape index (κ3) is 5.74. The second-order valence-electron chi connectivity index (χ2n) is 7.49. The van der Waals surface area contributed by atoms with Crippen molar-refractivity contribution in [2.24, 2.45) is 5.10 Å². The molecule has 0 amide bonds. The quantitative estimate of drug-likeness (QED) is 0.304. The van der Waals surface area contributed by atoms with Gasteiger partial charge in [-0.05, 0) is 44.2 Å². The van der Waals surface area contributed by atoms with Crippen LogP contribution in [-0.2, 0) is 16.0 Å². The lowest BCUT2D eigenvalue weighted by molar-refractivity contribution is -0.149. The fraction of sp³-hybridized carbons (Fsp3) is 0.333. The zero-order chi connectivity index (χ0) is 24.8. The van der Waals surface area contributed by atoms with E-state index >= 15 is 0 Å². The minimum Gasteiger partial charge on any atom is -0.493 e. The Morgan fingerprint density at radius 2 is 1.85 bits per heavy atom. The molecule has 0 aliphatic rings. The zero-order valence-corrected chi connectivity index (χ0v) is 21.2. The lowest BCUT2D eigenvalue weighted by Crippen LogP contribution is -2.22. The van der Waals surface area contributed by atoms with Gasteiger partial charge in [0.2, 0.25) is 5.75 Å². The van der Waals surface area contributed by atoms with Crippen molar-refractivity contribution in [2.75, 3.05) is 20.8 Å². The third-order valence-electron chi connectivity index (χ3n) is 4.70. The number of hydrogen-bond donors (Lipinski definition) is 0. The first-order valence-electron chi connectivity index (χ1n) is 10.6. The summed E-state index contributed by atoms with van der Waals surface area (Å²) in [5.74, 6) is 0.945. The van der Waals surface area contributed by atoms with E-state index in [-0.39, 0.29) is 24.0 Å². The van der Waals surface area contributed by atoms with E-state index in [1.165, 1.54) is 25.1 Å². The van der Waals surface area contributed by atoms with Crippen molar-refractivity contribution in [3.05, 3.63) is 56.5 Å². The molecular weight excluding hydrogens is 506 g/mol. The first-order chi connectivity index (χ1) is 16.3. The van der Waals surface area contributed by atoms with E-state index in [9.17, 15) is 9.59 Å². The Morgan fingerprint density at radius 1 is 1.18 bits per heavy atom. The van der Waals surface area contributed by atoms with E-state index in [1.807, 2.05) is 13.0 Å². The molecule has 0 unspecified atom stereocenters. The number of ether oxygens (including phenoxy) is 4. The second-order valence-corrected chi connectivity index (χ2v) is 8.40. The first-order valence-corrected chi connectivity index (χ1v) is 11.4. The van der Waals surface area contributed by atoms with E-state index < -0.39 is 5.97 Å². The summed E-state index contributed by atoms with van der Waals surface area (Å²) >= 11 is 3.39. The molecular formula is C24H26BrN3O6. The van der Waals surface area contributed by atoms with Crippen molar-refractivity contribution in [1.29, 1.82) is 0 Å². The largest absolute Gasteiger partial charge is 0.493 e. The van der Waals surface area contributed by atoms with Gasteiger partial charge in [-0.1, -0.05) is 22.9 Å². The summed E-state index contributed by atoms with van der Waals surface area (Å²) in [6.45, 7) is 5.12. The highest BCUT2D eigenvalue weighted by atomic mass is 79.9. The molecule has 0 saturated carbocycles. The summed E-state index contributed by atoms with van der Waals surface area (Å²) in [7, 11) is 2.94. The number of methoxy groups -OCH3 is 2. The molecule has 0 aliphatic heterocycles. The van der Waals surface area contributed by atoms with Gasteiger partial charge in [-0.2, -0.15) is 9.78 Å². The van der Waals surface area contributed by atoms with E-state index in [2.05, 4.69) is 26.0 Å². The molecule has 3 aromatic rings. The van der Waals surface area contributed by atoms with Crippen LogP contribution in [0.5, 0.6) is 17.2 Å². The molecule has 0 radical (unpaired) electrons. The minimum absolute atomic E-state index is 0.249. The highest BCUT2D eigenvalue weighted by Gasteiger charge is 2.17. The molecule has 9 nitrogen and oxygen atoms in total. The summed E-state index contributed by atoms with van der Waals surface area (Å²) in [6.07, 6.45) is 1.78. The van der Waals surface area contributed by atoms with Crippen molar-refractivity contribution >= 4 is 39.0 Å². The zero-order valence-electron chi connectivity index (χ0n) is 19.6. The van der Waals surface area contributed by atoms with Crippen LogP contribution >= 0.6 is 15.9 Å². The summed E-state index contributed by atoms with van der Waals surface area (Å²) < 4.78 is 23.6. The minimum atomic E-state index is -0.508. The third-order valence-corrected chi connectivity index (χ3v) is 5.19. The highest BCUT2D eigenvalue weighted by molar-refractivity contribution is 9.10. The van der Waals surface area contributed by atoms with Gasteiger partial charge in [0.25, 0.3) is 5.56 Å². The van der Waals surface area contributed by atoms with Crippen LogP contribution < -0.4 is 19.8 Å². The van der Waals surface area contributed by atoms with Crippen LogP contribution in [0, 0.1) is 0 Å². The fourth-order valence-corrected chi connectivity index (χ4v) is 3.57. The van der Waals surface area contributed by atoms with Crippen molar-refractivity contribution in [2.45, 2.75) is 33.3 Å². The molecule has 2 aromatic carbocycles. The number of fused-ring (bicyclic) bond motifs is 1. The Balaban J connectivity index is 1.97. The van der Waals surface area contributed by atoms with Gasteiger partial charge in [-0.15, -0.1) is 0 Å². The number of hydrogen-bond acceptors (Lipinski definition) is 8. The van der Waals surface area contributed by atoms with E-state index in [1.54, 1.807) is 38.1 Å². The van der Waals surface area contributed by atoms with Gasteiger partial charge in [-0.25, -0.2) is 9.78 Å². The maximum atomic E-state index is 13.1. The normalized spacial score (nSPS) is 11.3. The molecule has 0 N–H and O–H groups in total. The Hall–Kier alpha value is -3.40. The smallest absolute Gasteiger partial charge is 0.344 e. The number of halogens is 1. The lowest BCUT2D eigenvalue weighted by atomic mass is 10.2. The maximum absolute atomic E-state index is 13.1. The van der Waals surface area contributed by atoms with Gasteiger partial charge in [0.05, 0.1) is 37.4 Å². The van der Waals surface area contributed by atoms with Gasteiger partial charge >= 0.3 is 5.97 Å². The van der Waals surface area contributed by atoms with Crippen LogP contribution in [0.3, 0.4) is 0 Å². The van der Waals surface area contributed by atoms with Crippen LogP contribution in [-0.4, -0.2) is 48.8 Å². The Labute approximate surface area is 205 Å². The summed E-state index contributed by atoms with van der Waals surface area (Å²) in [4.78, 5) is 29.5. The predicted molar refractivity (Wildman–Crippen MR) is 132 cm³/mol. The number of carbonyl (C=O) groups is 1. The van der Waals surface area contributed by atoms with Crippen molar-refractivity contribution in [3.63, 3.8) is 0 Å². The van der Waals surface area contributed by atoms with Crippen LogP contribution in [0.4, 0.5) is 0 Å². The Bertz CT molecular complexity index is 1260. The number of rotatable bonds is 9. The van der Waals surface area contributed by atoms with Crippen LogP contribution in [0.1, 0.15) is 32.2 Å². The monoisotopic (exact) mass is 531 g/mol. The first kappa shape index (κ1) is 25.2. The van der Waals surface area contributed by atoms with Gasteiger partial charge in [0.1, 0.15) is 5.82 Å². The van der Waals surface area contributed by atoms with Crippen molar-refractivity contribution in [3.8, 4) is 17.2 Å². The molecule has 0 aliphatic carbocycles. The number of nitrogens with zero attached hydrogens (tertiary/aromatic N) is 3. The molecule has 34 heavy (non-hydrogen) atoms. The Morgan fingerprint density at radius 3 is 2.44 bits per heavy atom. The van der Waals surface area contributed by atoms with Crippen LogP contribution in [0.2, 0.25) is 0 Å². The van der Waals surface area contributed by atoms with Crippen LogP contribution in [0.25, 0.3) is 10.9 Å². The van der Waals surface area contributed by atoms with Gasteiger partial charge in [0.15, 0.2) is 18.1 Å². The van der Waals surface area contributed by atoms with E-state index in [0.29, 0.717) is 40.2 Å². The summed E-state index contributed by atoms with van der Waals surface area (Å²) in [5, 5.41) is 4.84. The lowest BCUT2D eigenvalue weighted by Gasteiger charge is -2.15. The fourth-order valence-electron chi connectivity index (χ4n) is 3.21. The standard InChI is InChI=1S/C24H26BrN3O6/c1-6-21-27-18-8-7-16(25)11-17(18)24(30)28(21)26-12-15-9-19(31-4)23(20(10-15)32-5)33-13-22(29)34-14(2)3/h7-12,14H,6,13H2,1-5H3. The second kappa shape index (κ2) is 11.1.